The maximum atomic E-state index is 12.4. The lowest BCUT2D eigenvalue weighted by Gasteiger charge is -2.46. The van der Waals surface area contributed by atoms with E-state index in [0.717, 1.165) is 44.7 Å². The number of carbonyl (C=O) groups excluding carboxylic acids is 1. The first-order valence-electron chi connectivity index (χ1n) is 7.33. The average molecular weight is 258 g/mol. The van der Waals surface area contributed by atoms with Crippen molar-refractivity contribution < 1.29 is 4.79 Å². The summed E-state index contributed by atoms with van der Waals surface area (Å²) >= 11 is 0. The average Bonchev–Trinajstić information content (AvgIpc) is 2.49. The Morgan fingerprint density at radius 2 is 1.74 bits per heavy atom. The molecule has 3 fully saturated rings. The molecule has 0 spiro atoms. The monoisotopic (exact) mass is 258 g/mol. The molecule has 1 aromatic carbocycles. The van der Waals surface area contributed by atoms with Crippen LogP contribution in [0.1, 0.15) is 18.1 Å². The summed E-state index contributed by atoms with van der Waals surface area (Å²) < 4.78 is 0. The zero-order chi connectivity index (χ0) is 13.2. The van der Waals surface area contributed by atoms with Gasteiger partial charge in [-0.3, -0.25) is 14.6 Å². The summed E-state index contributed by atoms with van der Waals surface area (Å²) in [6.07, 6.45) is 1.64. The van der Waals surface area contributed by atoms with Crippen LogP contribution >= 0.6 is 0 Å². The van der Waals surface area contributed by atoms with Gasteiger partial charge in [-0.2, -0.15) is 0 Å². The van der Waals surface area contributed by atoms with Gasteiger partial charge < -0.3 is 0 Å². The van der Waals surface area contributed by atoms with Gasteiger partial charge in [0.1, 0.15) is 0 Å². The lowest BCUT2D eigenvalue weighted by molar-refractivity contribution is -0.128. The van der Waals surface area contributed by atoms with Crippen LogP contribution < -0.4 is 0 Å². The Balaban J connectivity index is 1.64. The van der Waals surface area contributed by atoms with Gasteiger partial charge in [0.15, 0.2) is 5.78 Å². The third-order valence-electron chi connectivity index (χ3n) is 4.46. The maximum Gasteiger partial charge on any atom is 0.155 e. The number of hydrogen-bond acceptors (Lipinski definition) is 3. The van der Waals surface area contributed by atoms with E-state index < -0.39 is 0 Å². The molecule has 3 aliphatic rings. The number of Topliss-reactive ketones (excluding diaryl/α,β-unsaturated/α-hetero) is 1. The Morgan fingerprint density at radius 3 is 2.26 bits per heavy atom. The van der Waals surface area contributed by atoms with Gasteiger partial charge in [-0.1, -0.05) is 31.2 Å². The lowest BCUT2D eigenvalue weighted by atomic mass is 9.97. The number of rotatable bonds is 4. The van der Waals surface area contributed by atoms with Crippen LogP contribution in [0, 0.1) is 0 Å². The third kappa shape index (κ3) is 2.72. The van der Waals surface area contributed by atoms with Crippen molar-refractivity contribution in [2.75, 3.05) is 32.7 Å². The Kier molecular flexibility index (Phi) is 3.67. The van der Waals surface area contributed by atoms with Crippen LogP contribution in [0.5, 0.6) is 0 Å². The van der Waals surface area contributed by atoms with E-state index in [1.54, 1.807) is 0 Å². The van der Waals surface area contributed by atoms with Gasteiger partial charge in [0.05, 0.1) is 6.04 Å². The van der Waals surface area contributed by atoms with Crippen molar-refractivity contribution in [2.24, 2.45) is 0 Å². The fourth-order valence-corrected chi connectivity index (χ4v) is 3.13. The van der Waals surface area contributed by atoms with E-state index in [1.807, 2.05) is 0 Å². The van der Waals surface area contributed by atoms with Crippen molar-refractivity contribution in [3.05, 3.63) is 35.4 Å². The summed E-state index contributed by atoms with van der Waals surface area (Å²) in [5.41, 5.74) is 2.49. The van der Waals surface area contributed by atoms with Gasteiger partial charge in [-0.05, 0) is 17.5 Å². The molecule has 3 heterocycles. The lowest BCUT2D eigenvalue weighted by Crippen LogP contribution is -2.63. The number of fused-ring (bicyclic) bond motifs is 3. The second-order valence-corrected chi connectivity index (χ2v) is 5.67. The van der Waals surface area contributed by atoms with Crippen LogP contribution in [0.2, 0.25) is 0 Å². The molecular formula is C16H22N2O. The van der Waals surface area contributed by atoms with Gasteiger partial charge in [0.2, 0.25) is 0 Å². The zero-order valence-corrected chi connectivity index (χ0v) is 11.6. The highest BCUT2D eigenvalue weighted by Crippen LogP contribution is 2.18. The van der Waals surface area contributed by atoms with E-state index in [0.29, 0.717) is 12.2 Å². The van der Waals surface area contributed by atoms with Gasteiger partial charge in [-0.15, -0.1) is 0 Å². The Bertz CT molecular complexity index is 446. The first-order chi connectivity index (χ1) is 9.26. The molecule has 0 aromatic heterocycles. The Morgan fingerprint density at radius 1 is 1.11 bits per heavy atom. The molecule has 0 saturated carbocycles. The quantitative estimate of drug-likeness (QED) is 0.815. The van der Waals surface area contributed by atoms with Crippen LogP contribution in [0.3, 0.4) is 0 Å². The Labute approximate surface area is 115 Å². The van der Waals surface area contributed by atoms with Gasteiger partial charge >= 0.3 is 0 Å². The molecule has 3 heteroatoms. The maximum absolute atomic E-state index is 12.4. The molecule has 0 aliphatic carbocycles. The number of ketones is 1. The summed E-state index contributed by atoms with van der Waals surface area (Å²) in [6.45, 7) is 7.48. The highest BCUT2D eigenvalue weighted by atomic mass is 16.1. The summed E-state index contributed by atoms with van der Waals surface area (Å²) in [5.74, 6) is 0.383. The molecule has 3 nitrogen and oxygen atoms in total. The fraction of sp³-hybridized carbons (Fsp3) is 0.562. The van der Waals surface area contributed by atoms with E-state index in [4.69, 9.17) is 0 Å². The second-order valence-electron chi connectivity index (χ2n) is 5.67. The zero-order valence-electron chi connectivity index (χ0n) is 11.6. The minimum absolute atomic E-state index is 0.133. The summed E-state index contributed by atoms with van der Waals surface area (Å²) in [6, 6.07) is 8.62. The number of hydrogen-bond donors (Lipinski definition) is 0. The Hall–Kier alpha value is -1.19. The van der Waals surface area contributed by atoms with Gasteiger partial charge in [0.25, 0.3) is 0 Å². The van der Waals surface area contributed by atoms with Crippen molar-refractivity contribution in [3.63, 3.8) is 0 Å². The fourth-order valence-electron chi connectivity index (χ4n) is 3.13. The molecule has 102 valence electrons. The van der Waals surface area contributed by atoms with Gasteiger partial charge in [0, 0.05) is 39.1 Å². The number of benzene rings is 1. The van der Waals surface area contributed by atoms with Crippen LogP contribution in [0.25, 0.3) is 0 Å². The van der Waals surface area contributed by atoms with Crippen LogP contribution in [-0.2, 0) is 17.6 Å². The smallest absolute Gasteiger partial charge is 0.155 e. The van der Waals surface area contributed by atoms with E-state index in [-0.39, 0.29) is 6.04 Å². The molecular weight excluding hydrogens is 236 g/mol. The molecule has 19 heavy (non-hydrogen) atoms. The molecule has 1 unspecified atom stereocenters. The highest BCUT2D eigenvalue weighted by Gasteiger charge is 2.35. The predicted octanol–water partition coefficient (Wildman–Crippen LogP) is 1.36. The minimum Gasteiger partial charge on any atom is -0.299 e. The SMILES string of the molecule is CCc1ccc(CC(=O)C2CN3CCN2CC3)cc1. The number of carbonyl (C=O) groups is 1. The van der Waals surface area contributed by atoms with E-state index >= 15 is 0 Å². The van der Waals surface area contributed by atoms with Crippen LogP contribution in [0.15, 0.2) is 24.3 Å². The van der Waals surface area contributed by atoms with E-state index in [2.05, 4.69) is 41.0 Å². The molecule has 2 bridgehead atoms. The third-order valence-corrected chi connectivity index (χ3v) is 4.46. The van der Waals surface area contributed by atoms with Crippen LogP contribution in [-0.4, -0.2) is 54.3 Å². The molecule has 3 saturated heterocycles. The molecule has 1 aromatic rings. The normalized spacial score (nSPS) is 29.4. The molecule has 0 N–H and O–H groups in total. The minimum atomic E-state index is 0.133. The standard InChI is InChI=1S/C16H22N2O/c1-2-13-3-5-14(6-4-13)11-16(19)15-12-17-7-9-18(15)10-8-17/h3-6,15H,2,7-12H2,1H3. The molecule has 0 amide bonds. The molecule has 1 atom stereocenters. The first-order valence-corrected chi connectivity index (χ1v) is 7.33. The highest BCUT2D eigenvalue weighted by molar-refractivity contribution is 5.86. The second kappa shape index (κ2) is 5.43. The largest absolute Gasteiger partial charge is 0.299 e. The van der Waals surface area contributed by atoms with E-state index in [1.165, 1.54) is 5.56 Å². The van der Waals surface area contributed by atoms with Crippen molar-refractivity contribution in [1.82, 2.24) is 9.80 Å². The first kappa shape index (κ1) is 12.8. The predicted molar refractivity (Wildman–Crippen MR) is 76.3 cm³/mol. The van der Waals surface area contributed by atoms with Gasteiger partial charge in [-0.25, -0.2) is 0 Å². The summed E-state index contributed by atoms with van der Waals surface area (Å²) in [4.78, 5) is 17.2. The van der Waals surface area contributed by atoms with E-state index in [9.17, 15) is 4.79 Å². The number of nitrogens with zero attached hydrogens (tertiary/aromatic N) is 2. The summed E-state index contributed by atoms with van der Waals surface area (Å²) in [5, 5.41) is 0. The van der Waals surface area contributed by atoms with Crippen LogP contribution in [0.4, 0.5) is 0 Å². The van der Waals surface area contributed by atoms with Crippen molar-refractivity contribution in [1.29, 1.82) is 0 Å². The molecule has 0 radical (unpaired) electrons. The van der Waals surface area contributed by atoms with Crippen molar-refractivity contribution in [3.8, 4) is 0 Å². The summed E-state index contributed by atoms with van der Waals surface area (Å²) in [7, 11) is 0. The number of piperazine rings is 3. The number of aryl methyl sites for hydroxylation is 1. The molecule has 4 rings (SSSR count). The van der Waals surface area contributed by atoms with Crippen molar-refractivity contribution in [2.45, 2.75) is 25.8 Å². The molecule has 3 aliphatic heterocycles. The topological polar surface area (TPSA) is 23.6 Å². The van der Waals surface area contributed by atoms with Crippen molar-refractivity contribution >= 4 is 5.78 Å².